The van der Waals surface area contributed by atoms with Crippen LogP contribution >= 0.6 is 0 Å². The lowest BCUT2D eigenvalue weighted by Crippen LogP contribution is -2.47. The Morgan fingerprint density at radius 3 is 2.42 bits per heavy atom. The maximum atomic E-state index is 10.6. The van der Waals surface area contributed by atoms with E-state index < -0.39 is 6.03 Å². The van der Waals surface area contributed by atoms with Crippen molar-refractivity contribution in [1.82, 2.24) is 5.32 Å². The van der Waals surface area contributed by atoms with Crippen LogP contribution in [0.15, 0.2) is 0 Å². The SMILES string of the molecule is CCCCC(C)(CC)NC(N)=O. The number of carbonyl (C=O) groups excluding carboxylic acids is 1. The second-order valence-electron chi connectivity index (χ2n) is 3.51. The zero-order valence-electron chi connectivity index (χ0n) is 8.31. The van der Waals surface area contributed by atoms with Crippen molar-refractivity contribution in [2.24, 2.45) is 5.73 Å². The molecule has 3 N–H and O–H groups in total. The van der Waals surface area contributed by atoms with Crippen molar-refractivity contribution >= 4 is 6.03 Å². The van der Waals surface area contributed by atoms with E-state index in [1.54, 1.807) is 0 Å². The van der Waals surface area contributed by atoms with Crippen molar-refractivity contribution in [1.29, 1.82) is 0 Å². The Kier molecular flexibility index (Phi) is 4.71. The maximum absolute atomic E-state index is 10.6. The number of carbonyl (C=O) groups is 1. The van der Waals surface area contributed by atoms with Crippen molar-refractivity contribution in [3.05, 3.63) is 0 Å². The lowest BCUT2D eigenvalue weighted by Gasteiger charge is -2.28. The van der Waals surface area contributed by atoms with E-state index in [1.807, 2.05) is 6.92 Å². The lowest BCUT2D eigenvalue weighted by atomic mass is 9.92. The van der Waals surface area contributed by atoms with Gasteiger partial charge in [-0.2, -0.15) is 0 Å². The quantitative estimate of drug-likeness (QED) is 0.655. The van der Waals surface area contributed by atoms with Gasteiger partial charge in [-0.25, -0.2) is 4.79 Å². The van der Waals surface area contributed by atoms with Crippen LogP contribution in [0.1, 0.15) is 46.5 Å². The highest BCUT2D eigenvalue weighted by Gasteiger charge is 2.21. The van der Waals surface area contributed by atoms with Crippen LogP contribution in [0.2, 0.25) is 0 Å². The van der Waals surface area contributed by atoms with Crippen LogP contribution in [-0.4, -0.2) is 11.6 Å². The highest BCUT2D eigenvalue weighted by molar-refractivity contribution is 5.72. The Bertz CT molecular complexity index is 147. The number of unbranched alkanes of at least 4 members (excludes halogenated alkanes) is 1. The average molecular weight is 172 g/mol. The van der Waals surface area contributed by atoms with Gasteiger partial charge in [-0.1, -0.05) is 26.7 Å². The molecule has 0 fully saturated rings. The van der Waals surface area contributed by atoms with E-state index in [9.17, 15) is 4.79 Å². The third-order valence-corrected chi connectivity index (χ3v) is 2.29. The first kappa shape index (κ1) is 11.3. The number of nitrogens with two attached hydrogens (primary N) is 1. The summed E-state index contributed by atoms with van der Waals surface area (Å²) in [5, 5.41) is 2.78. The lowest BCUT2D eigenvalue weighted by molar-refractivity contribution is 0.230. The number of hydrogen-bond acceptors (Lipinski definition) is 1. The van der Waals surface area contributed by atoms with E-state index in [2.05, 4.69) is 19.2 Å². The normalized spacial score (nSPS) is 15.2. The van der Waals surface area contributed by atoms with Gasteiger partial charge in [0.25, 0.3) is 0 Å². The predicted molar refractivity (Wildman–Crippen MR) is 50.9 cm³/mol. The molecule has 2 amide bonds. The van der Waals surface area contributed by atoms with Crippen molar-refractivity contribution in [2.45, 2.75) is 52.0 Å². The summed E-state index contributed by atoms with van der Waals surface area (Å²) in [4.78, 5) is 10.6. The standard InChI is InChI=1S/C9H20N2O/c1-4-6-7-9(3,5-2)11-8(10)12/h4-7H2,1-3H3,(H3,10,11,12). The van der Waals surface area contributed by atoms with Crippen molar-refractivity contribution in [2.75, 3.05) is 0 Å². The largest absolute Gasteiger partial charge is 0.352 e. The first-order chi connectivity index (χ1) is 5.54. The minimum absolute atomic E-state index is 0.109. The second-order valence-corrected chi connectivity index (χ2v) is 3.51. The topological polar surface area (TPSA) is 55.1 Å². The Morgan fingerprint density at radius 2 is 2.08 bits per heavy atom. The summed E-state index contributed by atoms with van der Waals surface area (Å²) in [5.74, 6) is 0. The number of primary amides is 1. The van der Waals surface area contributed by atoms with E-state index in [0.717, 1.165) is 25.7 Å². The molecule has 0 heterocycles. The summed E-state index contributed by atoms with van der Waals surface area (Å²) in [7, 11) is 0. The van der Waals surface area contributed by atoms with Crippen LogP contribution in [0.5, 0.6) is 0 Å². The van der Waals surface area contributed by atoms with Crippen LogP contribution < -0.4 is 11.1 Å². The Morgan fingerprint density at radius 1 is 1.50 bits per heavy atom. The van der Waals surface area contributed by atoms with Gasteiger partial charge in [0.1, 0.15) is 0 Å². The zero-order valence-corrected chi connectivity index (χ0v) is 8.31. The molecule has 3 heteroatoms. The molecule has 0 bridgehead atoms. The average Bonchev–Trinajstić information content (AvgIpc) is 2.00. The van der Waals surface area contributed by atoms with Gasteiger partial charge in [-0.3, -0.25) is 0 Å². The minimum atomic E-state index is -0.421. The molecule has 0 aliphatic carbocycles. The Labute approximate surface area is 74.7 Å². The molecule has 1 unspecified atom stereocenters. The van der Waals surface area contributed by atoms with Crippen LogP contribution in [0.25, 0.3) is 0 Å². The Hall–Kier alpha value is -0.730. The molecule has 0 aromatic carbocycles. The third kappa shape index (κ3) is 4.21. The smallest absolute Gasteiger partial charge is 0.312 e. The van der Waals surface area contributed by atoms with Gasteiger partial charge in [-0.15, -0.1) is 0 Å². The number of amides is 2. The summed E-state index contributed by atoms with van der Waals surface area (Å²) in [6.07, 6.45) is 4.21. The monoisotopic (exact) mass is 172 g/mol. The Balaban J connectivity index is 3.95. The first-order valence-corrected chi connectivity index (χ1v) is 4.61. The zero-order chi connectivity index (χ0) is 9.61. The summed E-state index contributed by atoms with van der Waals surface area (Å²) >= 11 is 0. The molecule has 0 spiro atoms. The highest BCUT2D eigenvalue weighted by Crippen LogP contribution is 2.17. The van der Waals surface area contributed by atoms with Crippen molar-refractivity contribution in [3.8, 4) is 0 Å². The minimum Gasteiger partial charge on any atom is -0.352 e. The van der Waals surface area contributed by atoms with Gasteiger partial charge in [-0.05, 0) is 19.8 Å². The highest BCUT2D eigenvalue weighted by atomic mass is 16.2. The number of hydrogen-bond donors (Lipinski definition) is 2. The summed E-state index contributed by atoms with van der Waals surface area (Å²) < 4.78 is 0. The third-order valence-electron chi connectivity index (χ3n) is 2.29. The van der Waals surface area contributed by atoms with E-state index in [-0.39, 0.29) is 5.54 Å². The molecule has 72 valence electrons. The molecule has 1 atom stereocenters. The van der Waals surface area contributed by atoms with Gasteiger partial charge in [0.15, 0.2) is 0 Å². The number of urea groups is 1. The van der Waals surface area contributed by atoms with Crippen LogP contribution in [0.4, 0.5) is 4.79 Å². The molecule has 0 aliphatic rings. The van der Waals surface area contributed by atoms with Crippen molar-refractivity contribution < 1.29 is 4.79 Å². The van der Waals surface area contributed by atoms with Gasteiger partial charge >= 0.3 is 6.03 Å². The molecule has 0 saturated carbocycles. The number of nitrogens with one attached hydrogen (secondary N) is 1. The van der Waals surface area contributed by atoms with Crippen molar-refractivity contribution in [3.63, 3.8) is 0 Å². The number of rotatable bonds is 5. The molecule has 12 heavy (non-hydrogen) atoms. The predicted octanol–water partition coefficient (Wildman–Crippen LogP) is 2.01. The molecular weight excluding hydrogens is 152 g/mol. The van der Waals surface area contributed by atoms with Gasteiger partial charge in [0, 0.05) is 5.54 Å². The molecule has 0 aromatic rings. The van der Waals surface area contributed by atoms with Gasteiger partial charge < -0.3 is 11.1 Å². The molecular formula is C9H20N2O. The molecule has 0 rings (SSSR count). The summed E-state index contributed by atoms with van der Waals surface area (Å²) in [5.41, 5.74) is 4.97. The fraction of sp³-hybridized carbons (Fsp3) is 0.889. The summed E-state index contributed by atoms with van der Waals surface area (Å²) in [6, 6.07) is -0.421. The van der Waals surface area contributed by atoms with Crippen LogP contribution in [0, 0.1) is 0 Å². The molecule has 0 radical (unpaired) electrons. The second kappa shape index (κ2) is 5.01. The van der Waals surface area contributed by atoms with Gasteiger partial charge in [0.2, 0.25) is 0 Å². The van der Waals surface area contributed by atoms with E-state index in [4.69, 9.17) is 5.73 Å². The molecule has 0 saturated heterocycles. The van der Waals surface area contributed by atoms with E-state index >= 15 is 0 Å². The molecule has 0 aromatic heterocycles. The fourth-order valence-electron chi connectivity index (χ4n) is 1.19. The van der Waals surface area contributed by atoms with E-state index in [1.165, 1.54) is 0 Å². The molecule has 0 aliphatic heterocycles. The maximum Gasteiger partial charge on any atom is 0.312 e. The van der Waals surface area contributed by atoms with Crippen LogP contribution in [-0.2, 0) is 0 Å². The fourth-order valence-corrected chi connectivity index (χ4v) is 1.19. The van der Waals surface area contributed by atoms with E-state index in [0.29, 0.717) is 0 Å². The first-order valence-electron chi connectivity index (χ1n) is 4.61. The molecule has 3 nitrogen and oxygen atoms in total. The summed E-state index contributed by atoms with van der Waals surface area (Å²) in [6.45, 7) is 6.24. The van der Waals surface area contributed by atoms with Crippen LogP contribution in [0.3, 0.4) is 0 Å². The van der Waals surface area contributed by atoms with Gasteiger partial charge in [0.05, 0.1) is 0 Å².